The maximum absolute atomic E-state index is 14.4. The molecule has 4 fully saturated rings. The SMILES string of the molecule is CC(=O)O[C@H]1CC[C@]2(C)[C@H]3C(=O)C=C4[C@H]5C[C@@](C)(C(=O)O)CC[C@]5(C)CC[C@@]4(C)[C@]3(C)CC[C@H]2C1(C)C. The Morgan fingerprint density at radius 3 is 2.19 bits per heavy atom. The number of carboxylic acid groups (broad SMARTS) is 1. The van der Waals surface area contributed by atoms with Crippen LogP contribution in [0.4, 0.5) is 0 Å². The molecule has 5 aliphatic rings. The molecule has 0 aromatic heterocycles. The molecule has 0 aromatic rings. The third-order valence-electron chi connectivity index (χ3n) is 13.3. The second-order valence-electron chi connectivity index (χ2n) is 15.5. The van der Waals surface area contributed by atoms with E-state index in [1.807, 2.05) is 13.0 Å². The minimum absolute atomic E-state index is 0.0644. The van der Waals surface area contributed by atoms with E-state index in [2.05, 4.69) is 41.5 Å². The molecule has 0 radical (unpaired) electrons. The number of esters is 1. The molecule has 5 aliphatic carbocycles. The molecule has 0 bridgehead atoms. The number of carbonyl (C=O) groups is 3. The summed E-state index contributed by atoms with van der Waals surface area (Å²) in [4.78, 5) is 38.5. The topological polar surface area (TPSA) is 80.7 Å². The number of ketones is 1. The van der Waals surface area contributed by atoms with Crippen LogP contribution in [-0.4, -0.2) is 28.9 Å². The van der Waals surface area contributed by atoms with Crippen LogP contribution < -0.4 is 0 Å². The summed E-state index contributed by atoms with van der Waals surface area (Å²) in [6.45, 7) is 17.4. The zero-order valence-corrected chi connectivity index (χ0v) is 24.3. The number of fused-ring (bicyclic) bond motifs is 7. The number of carboxylic acids is 1. The van der Waals surface area contributed by atoms with Crippen LogP contribution in [0.1, 0.15) is 113 Å². The van der Waals surface area contributed by atoms with Crippen LogP contribution in [0.3, 0.4) is 0 Å². The Morgan fingerprint density at radius 2 is 1.57 bits per heavy atom. The van der Waals surface area contributed by atoms with E-state index >= 15 is 0 Å². The molecule has 9 atom stereocenters. The monoisotopic (exact) mass is 512 g/mol. The highest BCUT2D eigenvalue weighted by Crippen LogP contribution is 2.75. The summed E-state index contributed by atoms with van der Waals surface area (Å²) in [6, 6.07) is 0. The maximum Gasteiger partial charge on any atom is 0.309 e. The molecular weight excluding hydrogens is 464 g/mol. The van der Waals surface area contributed by atoms with E-state index in [4.69, 9.17) is 4.74 Å². The van der Waals surface area contributed by atoms with Gasteiger partial charge >= 0.3 is 11.9 Å². The summed E-state index contributed by atoms with van der Waals surface area (Å²) < 4.78 is 5.82. The molecule has 0 heterocycles. The molecule has 5 nitrogen and oxygen atoms in total. The van der Waals surface area contributed by atoms with Gasteiger partial charge < -0.3 is 9.84 Å². The smallest absolute Gasteiger partial charge is 0.309 e. The summed E-state index contributed by atoms with van der Waals surface area (Å²) in [7, 11) is 0. The van der Waals surface area contributed by atoms with E-state index in [1.165, 1.54) is 12.5 Å². The maximum atomic E-state index is 14.4. The number of ether oxygens (including phenoxy) is 1. The molecule has 37 heavy (non-hydrogen) atoms. The third-order valence-corrected chi connectivity index (χ3v) is 13.3. The lowest BCUT2D eigenvalue weighted by molar-refractivity contribution is -0.210. The van der Waals surface area contributed by atoms with E-state index < -0.39 is 11.4 Å². The Bertz CT molecular complexity index is 1070. The lowest BCUT2D eigenvalue weighted by Gasteiger charge is -2.70. The van der Waals surface area contributed by atoms with Crippen molar-refractivity contribution in [1.82, 2.24) is 0 Å². The minimum atomic E-state index is -0.729. The van der Waals surface area contributed by atoms with Crippen molar-refractivity contribution in [2.75, 3.05) is 0 Å². The van der Waals surface area contributed by atoms with Gasteiger partial charge in [0.15, 0.2) is 5.78 Å². The fourth-order valence-electron chi connectivity index (χ4n) is 10.8. The molecule has 0 saturated heterocycles. The summed E-state index contributed by atoms with van der Waals surface area (Å²) in [6.07, 6.45) is 10.0. The predicted octanol–water partition coefficient (Wildman–Crippen LogP) is 6.98. The van der Waals surface area contributed by atoms with E-state index in [1.54, 1.807) is 0 Å². The average Bonchev–Trinajstić information content (AvgIpc) is 2.78. The number of allylic oxidation sites excluding steroid dienone is 2. The van der Waals surface area contributed by atoms with Gasteiger partial charge in [-0.25, -0.2) is 0 Å². The third kappa shape index (κ3) is 3.43. The summed E-state index contributed by atoms with van der Waals surface area (Å²) >= 11 is 0. The zero-order chi connectivity index (χ0) is 27.4. The molecular formula is C32H48O5. The van der Waals surface area contributed by atoms with Gasteiger partial charge in [0.2, 0.25) is 0 Å². The highest BCUT2D eigenvalue weighted by molar-refractivity contribution is 5.95. The molecule has 0 amide bonds. The molecule has 5 rings (SSSR count). The van der Waals surface area contributed by atoms with Crippen LogP contribution in [0.5, 0.6) is 0 Å². The standard InChI is InChI=1S/C32H48O5/c1-19(33)37-24-10-11-30(6)23(27(24,2)3)9-12-32(8)25(30)22(34)17-20-21-18-29(5,26(35)36)14-13-28(21,4)15-16-31(20,32)7/h17,21,23-25H,9-16,18H2,1-8H3,(H,35,36)/t21-,23+,24+,25-,28-,29+,30+,31-,32-/m1/s1. The fraction of sp³-hybridized carbons (Fsp3) is 0.844. The molecule has 206 valence electrons. The van der Waals surface area contributed by atoms with Crippen LogP contribution in [0.15, 0.2) is 11.6 Å². The van der Waals surface area contributed by atoms with E-state index in [-0.39, 0.29) is 56.8 Å². The Hall–Kier alpha value is -1.65. The van der Waals surface area contributed by atoms with Gasteiger partial charge in [-0.1, -0.05) is 47.1 Å². The van der Waals surface area contributed by atoms with Crippen LogP contribution in [0.25, 0.3) is 0 Å². The molecule has 0 spiro atoms. The first-order chi connectivity index (χ1) is 16.9. The van der Waals surface area contributed by atoms with Gasteiger partial charge in [-0.3, -0.25) is 14.4 Å². The first kappa shape index (κ1) is 26.9. The van der Waals surface area contributed by atoms with Crippen molar-refractivity contribution in [3.05, 3.63) is 11.6 Å². The van der Waals surface area contributed by atoms with Crippen molar-refractivity contribution in [3.63, 3.8) is 0 Å². The minimum Gasteiger partial charge on any atom is -0.481 e. The number of hydrogen-bond donors (Lipinski definition) is 1. The molecule has 0 unspecified atom stereocenters. The normalized spacial score (nSPS) is 50.5. The fourth-order valence-corrected chi connectivity index (χ4v) is 10.8. The summed E-state index contributed by atoms with van der Waals surface area (Å²) in [5.74, 6) is -0.280. The highest BCUT2D eigenvalue weighted by Gasteiger charge is 2.70. The van der Waals surface area contributed by atoms with Crippen LogP contribution >= 0.6 is 0 Å². The first-order valence-electron chi connectivity index (χ1n) is 14.6. The molecule has 0 aromatic carbocycles. The van der Waals surface area contributed by atoms with Gasteiger partial charge in [-0.05, 0) is 104 Å². The molecule has 0 aliphatic heterocycles. The van der Waals surface area contributed by atoms with Gasteiger partial charge in [0, 0.05) is 18.3 Å². The number of rotatable bonds is 2. The highest BCUT2D eigenvalue weighted by atomic mass is 16.5. The Balaban J connectivity index is 1.58. The molecule has 4 saturated carbocycles. The first-order valence-corrected chi connectivity index (χ1v) is 14.6. The summed E-state index contributed by atoms with van der Waals surface area (Å²) in [5, 5.41) is 10.1. The van der Waals surface area contributed by atoms with Crippen molar-refractivity contribution < 1.29 is 24.2 Å². The van der Waals surface area contributed by atoms with Gasteiger partial charge in [0.25, 0.3) is 0 Å². The lowest BCUT2D eigenvalue weighted by Crippen LogP contribution is -2.66. The number of hydrogen-bond acceptors (Lipinski definition) is 4. The largest absolute Gasteiger partial charge is 0.481 e. The Kier molecular flexibility index (Phi) is 5.78. The summed E-state index contributed by atoms with van der Waals surface area (Å²) in [5.41, 5.74) is -0.0327. The van der Waals surface area contributed by atoms with Gasteiger partial charge in [0.05, 0.1) is 5.41 Å². The van der Waals surface area contributed by atoms with E-state index in [0.717, 1.165) is 44.9 Å². The number of carbonyl (C=O) groups excluding carboxylic acids is 2. The van der Waals surface area contributed by atoms with E-state index in [9.17, 15) is 19.5 Å². The van der Waals surface area contributed by atoms with Gasteiger partial charge in [0.1, 0.15) is 6.10 Å². The van der Waals surface area contributed by atoms with Crippen LogP contribution in [0.2, 0.25) is 0 Å². The van der Waals surface area contributed by atoms with Gasteiger partial charge in [-0.15, -0.1) is 0 Å². The molecule has 1 N–H and O–H groups in total. The zero-order valence-electron chi connectivity index (χ0n) is 24.3. The molecule has 5 heteroatoms. The second-order valence-corrected chi connectivity index (χ2v) is 15.5. The van der Waals surface area contributed by atoms with Crippen LogP contribution in [0, 0.1) is 50.2 Å². The van der Waals surface area contributed by atoms with Crippen molar-refractivity contribution >= 4 is 17.7 Å². The Labute approximate surface area is 223 Å². The predicted molar refractivity (Wildman–Crippen MR) is 143 cm³/mol. The lowest BCUT2D eigenvalue weighted by atomic mass is 9.33. The van der Waals surface area contributed by atoms with Crippen molar-refractivity contribution in [2.24, 2.45) is 50.2 Å². The van der Waals surface area contributed by atoms with Crippen molar-refractivity contribution in [2.45, 2.75) is 119 Å². The average molecular weight is 513 g/mol. The Morgan fingerprint density at radius 1 is 0.919 bits per heavy atom. The van der Waals surface area contributed by atoms with Crippen molar-refractivity contribution in [3.8, 4) is 0 Å². The van der Waals surface area contributed by atoms with Crippen molar-refractivity contribution in [1.29, 1.82) is 0 Å². The second kappa shape index (κ2) is 7.94. The quantitative estimate of drug-likeness (QED) is 0.404. The van der Waals surface area contributed by atoms with Crippen LogP contribution in [-0.2, 0) is 19.1 Å². The van der Waals surface area contributed by atoms with Gasteiger partial charge in [-0.2, -0.15) is 0 Å². The number of aliphatic carboxylic acids is 1. The van der Waals surface area contributed by atoms with E-state index in [0.29, 0.717) is 18.8 Å².